The van der Waals surface area contributed by atoms with Crippen LogP contribution in [0.15, 0.2) is 30.5 Å². The summed E-state index contributed by atoms with van der Waals surface area (Å²) in [5.41, 5.74) is 2.06. The first-order valence-electron chi connectivity index (χ1n) is 8.78. The highest BCUT2D eigenvalue weighted by molar-refractivity contribution is 6.40. The smallest absolute Gasteiger partial charge is 0.345 e. The summed E-state index contributed by atoms with van der Waals surface area (Å²) < 4.78 is 38.6. The molecule has 0 spiro atoms. The average molecular weight is 379 g/mol. The highest BCUT2D eigenvalue weighted by Gasteiger charge is 2.42. The van der Waals surface area contributed by atoms with Gasteiger partial charge in [0.15, 0.2) is 0 Å². The first-order chi connectivity index (χ1) is 12.8. The second-order valence-electron chi connectivity index (χ2n) is 6.86. The van der Waals surface area contributed by atoms with Gasteiger partial charge in [-0.1, -0.05) is 12.5 Å². The number of pyridine rings is 1. The molecule has 1 aromatic carbocycles. The predicted molar refractivity (Wildman–Crippen MR) is 95.1 cm³/mol. The molecule has 0 saturated heterocycles. The van der Waals surface area contributed by atoms with Gasteiger partial charge in [0, 0.05) is 17.6 Å². The molecule has 1 fully saturated rings. The van der Waals surface area contributed by atoms with Gasteiger partial charge in [0.05, 0.1) is 17.1 Å². The van der Waals surface area contributed by atoms with E-state index in [2.05, 4.69) is 15.6 Å². The minimum Gasteiger partial charge on any atom is -0.345 e. The topological polar surface area (TPSA) is 71.1 Å². The lowest BCUT2D eigenvalue weighted by molar-refractivity contribution is -0.184. The van der Waals surface area contributed by atoms with Crippen LogP contribution in [0, 0.1) is 12.8 Å². The van der Waals surface area contributed by atoms with E-state index in [1.54, 1.807) is 30.5 Å². The van der Waals surface area contributed by atoms with Crippen LogP contribution in [-0.2, 0) is 9.59 Å². The zero-order chi connectivity index (χ0) is 19.6. The molecule has 0 unspecified atom stereocenters. The molecule has 8 heteroatoms. The molecule has 3 rings (SSSR count). The van der Waals surface area contributed by atoms with Crippen LogP contribution in [0.4, 0.5) is 18.9 Å². The van der Waals surface area contributed by atoms with Crippen molar-refractivity contribution in [3.05, 3.63) is 36.0 Å². The number of carbonyl (C=O) groups excluding carboxylic acids is 2. The molecule has 2 amide bonds. The van der Waals surface area contributed by atoms with Gasteiger partial charge in [-0.15, -0.1) is 0 Å². The summed E-state index contributed by atoms with van der Waals surface area (Å²) in [6.07, 6.45) is -1.98. The van der Waals surface area contributed by atoms with Crippen molar-refractivity contribution in [2.75, 3.05) is 5.32 Å². The summed E-state index contributed by atoms with van der Waals surface area (Å²) in [5, 5.41) is 5.65. The quantitative estimate of drug-likeness (QED) is 0.782. The first-order valence-corrected chi connectivity index (χ1v) is 8.78. The van der Waals surface area contributed by atoms with E-state index in [4.69, 9.17) is 0 Å². The van der Waals surface area contributed by atoms with E-state index < -0.39 is 30.0 Å². The number of aromatic nitrogens is 1. The van der Waals surface area contributed by atoms with Crippen molar-refractivity contribution in [2.45, 2.75) is 44.8 Å². The Labute approximate surface area is 154 Å². The van der Waals surface area contributed by atoms with Crippen LogP contribution in [-0.4, -0.2) is 29.0 Å². The number of hydrogen-bond donors (Lipinski definition) is 2. The minimum atomic E-state index is -4.28. The molecule has 0 aliphatic heterocycles. The van der Waals surface area contributed by atoms with Gasteiger partial charge in [-0.2, -0.15) is 13.2 Å². The fraction of sp³-hybridized carbons (Fsp3) is 0.421. The van der Waals surface area contributed by atoms with Gasteiger partial charge in [0.2, 0.25) is 0 Å². The molecular weight excluding hydrogens is 359 g/mol. The first kappa shape index (κ1) is 19.1. The predicted octanol–water partition coefficient (Wildman–Crippen LogP) is 3.72. The summed E-state index contributed by atoms with van der Waals surface area (Å²) in [5.74, 6) is -3.27. The summed E-state index contributed by atoms with van der Waals surface area (Å²) in [7, 11) is 0. The number of nitrogens with zero attached hydrogens (tertiary/aromatic N) is 1. The van der Waals surface area contributed by atoms with Gasteiger partial charge >= 0.3 is 18.0 Å². The third-order valence-corrected chi connectivity index (χ3v) is 4.90. The molecule has 1 aromatic heterocycles. The van der Waals surface area contributed by atoms with Crippen LogP contribution in [0.25, 0.3) is 10.9 Å². The van der Waals surface area contributed by atoms with Crippen molar-refractivity contribution in [3.8, 4) is 0 Å². The van der Waals surface area contributed by atoms with Crippen molar-refractivity contribution in [2.24, 2.45) is 5.92 Å². The van der Waals surface area contributed by atoms with Crippen LogP contribution in [0.5, 0.6) is 0 Å². The SMILES string of the molecule is Cc1ccc(NC(=O)C(=O)N[C@H]2CCC[C@@H](C(F)(F)F)C2)c2cccnc12. The maximum absolute atomic E-state index is 12.9. The third-order valence-electron chi connectivity index (χ3n) is 4.90. The van der Waals surface area contributed by atoms with E-state index in [0.717, 1.165) is 5.56 Å². The lowest BCUT2D eigenvalue weighted by Gasteiger charge is -2.30. The molecule has 1 aliphatic rings. The van der Waals surface area contributed by atoms with Crippen LogP contribution < -0.4 is 10.6 Å². The molecular formula is C19H20F3N3O2. The minimum absolute atomic E-state index is 0.0599. The molecule has 0 radical (unpaired) electrons. The number of benzene rings is 1. The van der Waals surface area contributed by atoms with E-state index in [1.807, 2.05) is 6.92 Å². The van der Waals surface area contributed by atoms with E-state index in [1.165, 1.54) is 0 Å². The number of alkyl halides is 3. The Morgan fingerprint density at radius 1 is 1.15 bits per heavy atom. The van der Waals surface area contributed by atoms with Crippen molar-refractivity contribution >= 4 is 28.4 Å². The summed E-state index contributed by atoms with van der Waals surface area (Å²) in [6, 6.07) is 6.29. The highest BCUT2D eigenvalue weighted by Crippen LogP contribution is 2.37. The van der Waals surface area contributed by atoms with Crippen molar-refractivity contribution in [3.63, 3.8) is 0 Å². The highest BCUT2D eigenvalue weighted by atomic mass is 19.4. The van der Waals surface area contributed by atoms with Gasteiger partial charge in [-0.05, 0) is 49.9 Å². The maximum atomic E-state index is 12.9. The number of rotatable bonds is 2. The number of nitrogens with one attached hydrogen (secondary N) is 2. The molecule has 144 valence electrons. The Bertz CT molecular complexity index is 867. The number of amides is 2. The Morgan fingerprint density at radius 2 is 1.93 bits per heavy atom. The largest absolute Gasteiger partial charge is 0.391 e. The maximum Gasteiger partial charge on any atom is 0.391 e. The third kappa shape index (κ3) is 4.37. The second-order valence-corrected chi connectivity index (χ2v) is 6.86. The molecule has 27 heavy (non-hydrogen) atoms. The average Bonchev–Trinajstić information content (AvgIpc) is 2.63. The van der Waals surface area contributed by atoms with Crippen LogP contribution in [0.1, 0.15) is 31.2 Å². The van der Waals surface area contributed by atoms with Gasteiger partial charge in [0.25, 0.3) is 0 Å². The Balaban J connectivity index is 1.67. The van der Waals surface area contributed by atoms with Gasteiger partial charge in [-0.3, -0.25) is 14.6 Å². The van der Waals surface area contributed by atoms with E-state index in [-0.39, 0.29) is 12.8 Å². The van der Waals surface area contributed by atoms with Crippen molar-refractivity contribution in [1.29, 1.82) is 0 Å². The number of fused-ring (bicyclic) bond motifs is 1. The summed E-state index contributed by atoms with van der Waals surface area (Å²) in [4.78, 5) is 28.6. The number of anilines is 1. The fourth-order valence-corrected chi connectivity index (χ4v) is 3.47. The standard InChI is InChI=1S/C19H20F3N3O2/c1-11-7-8-15(14-6-3-9-23-16(11)14)25-18(27)17(26)24-13-5-2-4-12(10-13)19(20,21)22/h3,6-9,12-13H,2,4-5,10H2,1H3,(H,24,26)(H,25,27)/t12-,13+/m1/s1. The van der Waals surface area contributed by atoms with E-state index in [9.17, 15) is 22.8 Å². The van der Waals surface area contributed by atoms with Gasteiger partial charge < -0.3 is 10.6 Å². The van der Waals surface area contributed by atoms with E-state index >= 15 is 0 Å². The monoisotopic (exact) mass is 379 g/mol. The molecule has 2 N–H and O–H groups in total. The molecule has 0 bridgehead atoms. The lowest BCUT2D eigenvalue weighted by atomic mass is 9.85. The Morgan fingerprint density at radius 3 is 2.67 bits per heavy atom. The zero-order valence-corrected chi connectivity index (χ0v) is 14.8. The number of hydrogen-bond acceptors (Lipinski definition) is 3. The molecule has 5 nitrogen and oxygen atoms in total. The molecule has 2 aromatic rings. The molecule has 2 atom stereocenters. The van der Waals surface area contributed by atoms with Crippen molar-refractivity contribution < 1.29 is 22.8 Å². The van der Waals surface area contributed by atoms with Crippen LogP contribution in [0.2, 0.25) is 0 Å². The summed E-state index contributed by atoms with van der Waals surface area (Å²) in [6.45, 7) is 1.88. The second kappa shape index (κ2) is 7.54. The normalized spacial score (nSPS) is 20.3. The lowest BCUT2D eigenvalue weighted by Crippen LogP contribution is -2.45. The number of carbonyl (C=O) groups is 2. The van der Waals surface area contributed by atoms with Crippen LogP contribution in [0.3, 0.4) is 0 Å². The van der Waals surface area contributed by atoms with Crippen LogP contribution >= 0.6 is 0 Å². The molecule has 1 saturated carbocycles. The van der Waals surface area contributed by atoms with Gasteiger partial charge in [-0.25, -0.2) is 0 Å². The molecule has 1 heterocycles. The molecule has 1 aliphatic carbocycles. The Hall–Kier alpha value is -2.64. The van der Waals surface area contributed by atoms with Crippen molar-refractivity contribution in [1.82, 2.24) is 10.3 Å². The fourth-order valence-electron chi connectivity index (χ4n) is 3.47. The Kier molecular flexibility index (Phi) is 5.34. The zero-order valence-electron chi connectivity index (χ0n) is 14.8. The number of aryl methyl sites for hydroxylation is 1. The number of halogens is 3. The van der Waals surface area contributed by atoms with Gasteiger partial charge in [0.1, 0.15) is 0 Å². The summed E-state index contributed by atoms with van der Waals surface area (Å²) >= 11 is 0. The van der Waals surface area contributed by atoms with E-state index in [0.29, 0.717) is 29.4 Å².